The number of ether oxygens (including phenoxy) is 4. The summed E-state index contributed by atoms with van der Waals surface area (Å²) >= 11 is 3.39. The Morgan fingerprint density at radius 3 is 0.897 bits per heavy atom. The molecule has 0 saturated carbocycles. The van der Waals surface area contributed by atoms with Gasteiger partial charge in [0.1, 0.15) is 6.04 Å². The Morgan fingerprint density at radius 2 is 0.667 bits per heavy atom. The number of epoxide rings is 1. The van der Waals surface area contributed by atoms with Crippen molar-refractivity contribution < 1.29 is 63.3 Å². The Labute approximate surface area is 526 Å². The van der Waals surface area contributed by atoms with E-state index in [0.29, 0.717) is 31.3 Å². The molecule has 1 aliphatic rings. The van der Waals surface area contributed by atoms with E-state index in [1.54, 1.807) is 31.2 Å². The van der Waals surface area contributed by atoms with Crippen molar-refractivity contribution in [3.05, 3.63) is 212 Å². The number of aliphatic carboxylic acids is 2. The molecule has 15 heteroatoms. The highest BCUT2D eigenvalue weighted by Crippen LogP contribution is 2.24. The quantitative estimate of drug-likeness (QED) is 0.0164. The third-order valence-corrected chi connectivity index (χ3v) is 15.3. The van der Waals surface area contributed by atoms with Gasteiger partial charge in [0.05, 0.1) is 70.9 Å². The number of methoxy groups -OCH3 is 3. The number of carboxylic acids is 2. The zero-order valence-corrected chi connectivity index (χ0v) is 54.6. The average molecular weight is 1260 g/mol. The summed E-state index contributed by atoms with van der Waals surface area (Å²) in [6.07, 6.45) is 7.93. The van der Waals surface area contributed by atoms with Crippen LogP contribution in [0.4, 0.5) is 0 Å². The van der Waals surface area contributed by atoms with E-state index in [9.17, 15) is 24.0 Å². The maximum atomic E-state index is 11.2. The van der Waals surface area contributed by atoms with Gasteiger partial charge in [0.15, 0.2) is 0 Å². The Kier molecular flexibility index (Phi) is 37.4. The molecule has 0 aromatic heterocycles. The van der Waals surface area contributed by atoms with Gasteiger partial charge in [-0.05, 0) is 130 Å². The lowest BCUT2D eigenvalue weighted by Crippen LogP contribution is -2.32. The summed E-state index contributed by atoms with van der Waals surface area (Å²) in [5, 5.41) is 35.8. The van der Waals surface area contributed by atoms with E-state index in [1.165, 1.54) is 54.7 Å². The lowest BCUT2D eigenvalue weighted by Gasteiger charge is -2.09. The molecule has 6 aromatic rings. The number of carbonyl (C=O) groups is 5. The van der Waals surface area contributed by atoms with Crippen molar-refractivity contribution in [1.82, 2.24) is 0 Å². The second kappa shape index (κ2) is 42.8. The molecule has 0 spiro atoms. The van der Waals surface area contributed by atoms with E-state index in [-0.39, 0.29) is 54.8 Å². The molecule has 6 aromatic carbocycles. The highest BCUT2D eigenvalue weighted by Gasteiger charge is 2.29. The molecule has 1 aliphatic heterocycles. The topological polar surface area (TPSA) is 233 Å². The van der Waals surface area contributed by atoms with Crippen LogP contribution in [0.5, 0.6) is 0 Å². The van der Waals surface area contributed by atoms with Crippen molar-refractivity contribution in [2.75, 3.05) is 27.9 Å². The minimum atomic E-state index is -1.00. The number of alkyl halides is 1. The molecule has 7 atom stereocenters. The predicted octanol–water partition coefficient (Wildman–Crippen LogP) is 12.5. The maximum absolute atomic E-state index is 11.2. The zero-order chi connectivity index (χ0) is 64.8. The van der Waals surface area contributed by atoms with Gasteiger partial charge >= 0.3 is 29.8 Å². The summed E-state index contributed by atoms with van der Waals surface area (Å²) < 4.78 is 19.3. The van der Waals surface area contributed by atoms with Crippen molar-refractivity contribution in [3.8, 4) is 0 Å². The number of carbonyl (C=O) groups excluding carboxylic acids is 3. The maximum Gasteiger partial charge on any atom is 0.320 e. The summed E-state index contributed by atoms with van der Waals surface area (Å²) in [5.41, 5.74) is 19.1. The third kappa shape index (κ3) is 31.5. The molecule has 87 heavy (non-hydrogen) atoms. The molecule has 1 heterocycles. The third-order valence-electron chi connectivity index (χ3n) is 14.6. The van der Waals surface area contributed by atoms with E-state index in [0.717, 1.165) is 83.8 Å². The number of aryl methyl sites for hydroxylation is 3. The van der Waals surface area contributed by atoms with E-state index in [1.807, 2.05) is 57.2 Å². The second-order valence-electron chi connectivity index (χ2n) is 21.9. The molecule has 6 unspecified atom stereocenters. The van der Waals surface area contributed by atoms with Crippen molar-refractivity contribution in [2.24, 2.45) is 35.3 Å². The molecule has 0 aliphatic carbocycles. The van der Waals surface area contributed by atoms with Crippen LogP contribution < -0.4 is 5.73 Å². The smallest absolute Gasteiger partial charge is 0.320 e. The van der Waals surface area contributed by atoms with Gasteiger partial charge in [0.25, 0.3) is 0 Å². The number of nitrogens with two attached hydrogens (primary N) is 1. The SMILES string of the molecule is CCc1ccc(CC(C)C(=O)O)cc1.CCc1ccc(CC(C)C(=O)OC)cc1.CCc1ccc(CC(C)[C@H]2CO2)cc1.COC(=O)C(C)Cc1ccc(CBr)cc1.COC(=O)C(C)Cc1ccc(CO)cc1.NC(Cc1ccc(CO)cc1)C(=O)O. The van der Waals surface area contributed by atoms with Crippen LogP contribution >= 0.6 is 15.9 Å². The summed E-state index contributed by atoms with van der Waals surface area (Å²) in [4.78, 5) is 54.7. The summed E-state index contributed by atoms with van der Waals surface area (Å²) in [7, 11) is 4.25. The Balaban J connectivity index is 0.000000356. The molecule has 1 fully saturated rings. The lowest BCUT2D eigenvalue weighted by atomic mass is 9.97. The van der Waals surface area contributed by atoms with Gasteiger partial charge in [-0.15, -0.1) is 0 Å². The van der Waals surface area contributed by atoms with Gasteiger partial charge in [-0.3, -0.25) is 24.0 Å². The summed E-state index contributed by atoms with van der Waals surface area (Å²) in [6.45, 7) is 17.0. The molecule has 0 bridgehead atoms. The number of hydrogen-bond acceptors (Lipinski definition) is 12. The lowest BCUT2D eigenvalue weighted by molar-refractivity contribution is -0.145. The Hall–Kier alpha value is -7.01. The van der Waals surface area contributed by atoms with Crippen LogP contribution in [0.15, 0.2) is 146 Å². The molecule has 0 radical (unpaired) electrons. The van der Waals surface area contributed by atoms with Crippen molar-refractivity contribution in [2.45, 2.75) is 144 Å². The van der Waals surface area contributed by atoms with Crippen molar-refractivity contribution in [3.63, 3.8) is 0 Å². The van der Waals surface area contributed by atoms with Crippen LogP contribution in [-0.4, -0.2) is 90.4 Å². The van der Waals surface area contributed by atoms with Gasteiger partial charge in [0, 0.05) is 5.33 Å². The minimum absolute atomic E-state index is 0.00867. The Morgan fingerprint density at radius 1 is 0.425 bits per heavy atom. The van der Waals surface area contributed by atoms with E-state index in [2.05, 4.69) is 138 Å². The normalized spacial score (nSPS) is 13.9. The van der Waals surface area contributed by atoms with Crippen LogP contribution in [0.3, 0.4) is 0 Å². The number of carboxylic acid groups (broad SMARTS) is 2. The first kappa shape index (κ1) is 76.1. The summed E-state index contributed by atoms with van der Waals surface area (Å²) in [6, 6.07) is 47.5. The van der Waals surface area contributed by atoms with Gasteiger partial charge in [-0.25, -0.2) is 0 Å². The molecule has 0 amide bonds. The number of benzene rings is 6. The van der Waals surface area contributed by atoms with Crippen molar-refractivity contribution >= 4 is 45.8 Å². The van der Waals surface area contributed by atoms with Crippen LogP contribution in [0, 0.1) is 29.6 Å². The van der Waals surface area contributed by atoms with E-state index >= 15 is 0 Å². The monoisotopic (exact) mass is 1260 g/mol. The molecule has 1 saturated heterocycles. The van der Waals surface area contributed by atoms with E-state index in [4.69, 9.17) is 35.6 Å². The van der Waals surface area contributed by atoms with E-state index < -0.39 is 18.0 Å². The largest absolute Gasteiger partial charge is 0.481 e. The van der Waals surface area contributed by atoms with Crippen molar-refractivity contribution in [1.29, 1.82) is 0 Å². The molecule has 7 rings (SSSR count). The zero-order valence-electron chi connectivity index (χ0n) is 53.0. The second-order valence-corrected chi connectivity index (χ2v) is 22.5. The molecule has 14 nitrogen and oxygen atoms in total. The minimum Gasteiger partial charge on any atom is -0.481 e. The number of hydrogen-bond donors (Lipinski definition) is 5. The molecular formula is C72H96BrNO13. The first-order valence-corrected chi connectivity index (χ1v) is 31.0. The fourth-order valence-corrected chi connectivity index (χ4v) is 9.02. The number of aliphatic hydroxyl groups is 2. The number of esters is 3. The van der Waals surface area contributed by atoms with Crippen LogP contribution in [0.1, 0.15) is 122 Å². The molecular weight excluding hydrogens is 1170 g/mol. The summed E-state index contributed by atoms with van der Waals surface area (Å²) in [5.74, 6) is -2.14. The molecule has 474 valence electrons. The highest BCUT2D eigenvalue weighted by molar-refractivity contribution is 9.08. The number of aliphatic hydroxyl groups excluding tert-OH is 2. The first-order chi connectivity index (χ1) is 41.6. The van der Waals surface area contributed by atoms with Gasteiger partial charge in [0.2, 0.25) is 0 Å². The average Bonchev–Trinajstić information content (AvgIpc) is 4.59. The molecule has 6 N–H and O–H groups in total. The van der Waals surface area contributed by atoms with Crippen LogP contribution in [0.25, 0.3) is 0 Å². The standard InChI is InChI=1S/C13H18O2.C13H18O.C12H15BrO2.C12H16O3.C12H16O2.C10H13NO3/c1-4-11-5-7-12(8-6-11)9-10(2)13(14)15-3;1-3-11-4-6-12(7-5-11)8-10(2)13-9-14-13;2*1-9(12(14)15-2)7-10-3-5-11(8-13)6-4-10;1-3-10-4-6-11(7-5-10)8-9(2)12(13)14;11-9(10(13)14)5-7-1-3-8(6-12)4-2-7/h5-8,10H,4,9H2,1-3H3;4-7,10,13H,3,8-9H2,1-2H3;3-6,9H,7-8H2,1-2H3;3-6,9,13H,7-8H2,1-2H3;4-7,9H,3,8H2,1-2H3,(H,13,14);1-4,9,12H,5-6,11H2,(H,13,14)/t;10?,13-;;;;/m.1..../s1. The van der Waals surface area contributed by atoms with Crippen LogP contribution in [0.2, 0.25) is 0 Å². The predicted molar refractivity (Wildman–Crippen MR) is 348 cm³/mol. The van der Waals surface area contributed by atoms with Gasteiger partial charge < -0.3 is 45.1 Å². The fourth-order valence-electron chi connectivity index (χ4n) is 8.64. The highest BCUT2D eigenvalue weighted by atomic mass is 79.9. The number of halogens is 1. The van der Waals surface area contributed by atoms with Gasteiger partial charge in [-0.2, -0.15) is 0 Å². The van der Waals surface area contributed by atoms with Crippen LogP contribution in [-0.2, 0) is 119 Å². The van der Waals surface area contributed by atoms with Gasteiger partial charge in [-0.1, -0.05) is 217 Å². The number of rotatable bonds is 24. The first-order valence-electron chi connectivity index (χ1n) is 29.9. The fraction of sp³-hybridized carbons (Fsp3) is 0.431. The Bertz CT molecular complexity index is 2650.